The van der Waals surface area contributed by atoms with Crippen LogP contribution in [0.2, 0.25) is 0 Å². The molecule has 2 aromatic carbocycles. The Morgan fingerprint density at radius 2 is 2.04 bits per heavy atom. The van der Waals surface area contributed by atoms with Crippen LogP contribution in [0.4, 0.5) is 5.69 Å². The van der Waals surface area contributed by atoms with Crippen molar-refractivity contribution in [1.82, 2.24) is 0 Å². The fraction of sp³-hybridized carbons (Fsp3) is 0.143. The molecule has 0 heterocycles. The molecule has 0 saturated carbocycles. The number of para-hydroxylation sites is 1. The molecule has 0 aliphatic heterocycles. The summed E-state index contributed by atoms with van der Waals surface area (Å²) >= 11 is 0. The number of anilines is 1. The van der Waals surface area contributed by atoms with E-state index in [1.165, 1.54) is 6.08 Å². The Morgan fingerprint density at radius 3 is 2.72 bits per heavy atom. The van der Waals surface area contributed by atoms with Crippen molar-refractivity contribution in [2.75, 3.05) is 11.9 Å². The van der Waals surface area contributed by atoms with Gasteiger partial charge in [-0.2, -0.15) is 5.26 Å². The number of benzene rings is 2. The molecule has 0 saturated heterocycles. The third-order valence-corrected chi connectivity index (χ3v) is 3.53. The van der Waals surface area contributed by atoms with Crippen molar-refractivity contribution in [1.29, 1.82) is 5.26 Å². The molecular weight excluding hydrogens is 312 g/mol. The monoisotopic (exact) mass is 330 g/mol. The van der Waals surface area contributed by atoms with Gasteiger partial charge in [-0.25, -0.2) is 0 Å². The third-order valence-electron chi connectivity index (χ3n) is 3.53. The molecule has 4 heteroatoms. The summed E-state index contributed by atoms with van der Waals surface area (Å²) in [5.74, 6) is 2.44. The van der Waals surface area contributed by atoms with E-state index < -0.39 is 5.91 Å². The van der Waals surface area contributed by atoms with Gasteiger partial charge in [-0.3, -0.25) is 4.79 Å². The highest BCUT2D eigenvalue weighted by molar-refractivity contribution is 6.10. The van der Waals surface area contributed by atoms with E-state index in [2.05, 4.69) is 11.2 Å². The molecule has 0 bridgehead atoms. The van der Waals surface area contributed by atoms with Crippen molar-refractivity contribution in [3.63, 3.8) is 0 Å². The zero-order valence-corrected chi connectivity index (χ0v) is 14.2. The van der Waals surface area contributed by atoms with Crippen molar-refractivity contribution in [2.45, 2.75) is 13.8 Å². The number of rotatable bonds is 5. The van der Waals surface area contributed by atoms with Crippen LogP contribution < -0.4 is 10.1 Å². The van der Waals surface area contributed by atoms with Gasteiger partial charge < -0.3 is 10.1 Å². The number of carbonyl (C=O) groups excluding carboxylic acids is 1. The van der Waals surface area contributed by atoms with E-state index >= 15 is 0 Å². The molecule has 0 aromatic heterocycles. The molecule has 124 valence electrons. The summed E-state index contributed by atoms with van der Waals surface area (Å²) in [6.07, 6.45) is 6.70. The largest absolute Gasteiger partial charge is 0.480 e. The van der Waals surface area contributed by atoms with E-state index in [1.807, 2.05) is 38.1 Å². The van der Waals surface area contributed by atoms with Crippen molar-refractivity contribution in [3.05, 3.63) is 64.7 Å². The standard InChI is InChI=1S/C21H18N2O2/c1-4-11-25-20-8-6-5-7-17(20)13-18(14-22)21(24)23-19-10-9-15(2)12-16(19)3/h1,5-10,12-13H,11H2,2-3H3,(H,23,24)/b18-13+. The normalized spacial score (nSPS) is 10.5. The summed E-state index contributed by atoms with van der Waals surface area (Å²) in [5, 5.41) is 12.1. The third kappa shape index (κ3) is 4.73. The number of nitrogens with one attached hydrogen (secondary N) is 1. The van der Waals surface area contributed by atoms with E-state index in [4.69, 9.17) is 11.2 Å². The topological polar surface area (TPSA) is 62.1 Å². The highest BCUT2D eigenvalue weighted by atomic mass is 16.5. The van der Waals surface area contributed by atoms with Crippen molar-refractivity contribution in [2.24, 2.45) is 0 Å². The molecule has 0 unspecified atom stereocenters. The quantitative estimate of drug-likeness (QED) is 0.514. The summed E-state index contributed by atoms with van der Waals surface area (Å²) in [7, 11) is 0. The van der Waals surface area contributed by atoms with Gasteiger partial charge in [-0.1, -0.05) is 41.8 Å². The van der Waals surface area contributed by atoms with Gasteiger partial charge >= 0.3 is 0 Å². The van der Waals surface area contributed by atoms with Crippen LogP contribution in [0, 0.1) is 37.5 Å². The molecule has 0 atom stereocenters. The molecule has 0 radical (unpaired) electrons. The number of aryl methyl sites for hydroxylation is 2. The SMILES string of the molecule is C#CCOc1ccccc1/C=C(\C#N)C(=O)Nc1ccc(C)cc1C. The van der Waals surface area contributed by atoms with E-state index in [-0.39, 0.29) is 12.2 Å². The molecule has 0 fully saturated rings. The van der Waals surface area contributed by atoms with E-state index in [0.29, 0.717) is 17.0 Å². The number of carbonyl (C=O) groups is 1. The van der Waals surface area contributed by atoms with Crippen LogP contribution in [-0.2, 0) is 4.79 Å². The fourth-order valence-corrected chi connectivity index (χ4v) is 2.30. The number of hydrogen-bond donors (Lipinski definition) is 1. The van der Waals surface area contributed by atoms with Crippen molar-refractivity contribution < 1.29 is 9.53 Å². The minimum Gasteiger partial charge on any atom is -0.480 e. The Labute approximate surface area is 147 Å². The summed E-state index contributed by atoms with van der Waals surface area (Å²) in [6.45, 7) is 4.00. The summed E-state index contributed by atoms with van der Waals surface area (Å²) in [4.78, 5) is 12.4. The molecular formula is C21H18N2O2. The first kappa shape index (κ1) is 17.8. The Bertz CT molecular complexity index is 899. The van der Waals surface area contributed by atoms with Gasteiger partial charge in [0.15, 0.2) is 0 Å². The Kier molecular flexibility index (Phi) is 5.98. The van der Waals surface area contributed by atoms with Crippen LogP contribution in [0.1, 0.15) is 16.7 Å². The Morgan fingerprint density at radius 1 is 1.28 bits per heavy atom. The zero-order chi connectivity index (χ0) is 18.2. The highest BCUT2D eigenvalue weighted by Gasteiger charge is 2.12. The Balaban J connectivity index is 2.27. The zero-order valence-electron chi connectivity index (χ0n) is 14.2. The summed E-state index contributed by atoms with van der Waals surface area (Å²) < 4.78 is 5.44. The molecule has 1 N–H and O–H groups in total. The van der Waals surface area contributed by atoms with Crippen LogP contribution >= 0.6 is 0 Å². The fourth-order valence-electron chi connectivity index (χ4n) is 2.30. The lowest BCUT2D eigenvalue weighted by molar-refractivity contribution is -0.112. The van der Waals surface area contributed by atoms with Gasteiger partial charge in [0, 0.05) is 11.3 Å². The number of hydrogen-bond acceptors (Lipinski definition) is 3. The highest BCUT2D eigenvalue weighted by Crippen LogP contribution is 2.22. The van der Waals surface area contributed by atoms with Gasteiger partial charge in [-0.05, 0) is 37.6 Å². The van der Waals surface area contributed by atoms with E-state index in [1.54, 1.807) is 24.3 Å². The maximum Gasteiger partial charge on any atom is 0.266 e. The van der Waals surface area contributed by atoms with Crippen LogP contribution in [-0.4, -0.2) is 12.5 Å². The second-order valence-electron chi connectivity index (χ2n) is 5.47. The minimum atomic E-state index is -0.471. The number of terminal acetylenes is 1. The van der Waals surface area contributed by atoms with Crippen LogP contribution in [0.15, 0.2) is 48.0 Å². The predicted octanol–water partition coefficient (Wildman–Crippen LogP) is 3.86. The van der Waals surface area contributed by atoms with Gasteiger partial charge in [-0.15, -0.1) is 6.42 Å². The number of ether oxygens (including phenoxy) is 1. The maximum absolute atomic E-state index is 12.4. The van der Waals surface area contributed by atoms with E-state index in [0.717, 1.165) is 11.1 Å². The van der Waals surface area contributed by atoms with Gasteiger partial charge in [0.1, 0.15) is 24.0 Å². The molecule has 0 spiro atoms. The van der Waals surface area contributed by atoms with E-state index in [9.17, 15) is 10.1 Å². The lowest BCUT2D eigenvalue weighted by Crippen LogP contribution is -2.14. The molecule has 0 aliphatic carbocycles. The Hall–Kier alpha value is -3.50. The predicted molar refractivity (Wildman–Crippen MR) is 98.9 cm³/mol. The number of nitriles is 1. The van der Waals surface area contributed by atoms with Crippen LogP contribution in [0.25, 0.3) is 6.08 Å². The first-order chi connectivity index (χ1) is 12.0. The van der Waals surface area contributed by atoms with Crippen molar-refractivity contribution in [3.8, 4) is 24.2 Å². The minimum absolute atomic E-state index is 0.0169. The first-order valence-electron chi connectivity index (χ1n) is 7.71. The molecule has 2 rings (SSSR count). The van der Waals surface area contributed by atoms with Gasteiger partial charge in [0.05, 0.1) is 0 Å². The molecule has 1 amide bonds. The lowest BCUT2D eigenvalue weighted by atomic mass is 10.1. The van der Waals surface area contributed by atoms with Gasteiger partial charge in [0.25, 0.3) is 5.91 Å². The van der Waals surface area contributed by atoms with Crippen LogP contribution in [0.3, 0.4) is 0 Å². The summed E-state index contributed by atoms with van der Waals surface area (Å²) in [5.41, 5.74) is 3.31. The lowest BCUT2D eigenvalue weighted by Gasteiger charge is -2.09. The number of amides is 1. The first-order valence-corrected chi connectivity index (χ1v) is 7.71. The molecule has 4 nitrogen and oxygen atoms in total. The average molecular weight is 330 g/mol. The number of nitrogens with zero attached hydrogens (tertiary/aromatic N) is 1. The molecule has 25 heavy (non-hydrogen) atoms. The second-order valence-corrected chi connectivity index (χ2v) is 5.47. The van der Waals surface area contributed by atoms with Crippen molar-refractivity contribution >= 4 is 17.7 Å². The van der Waals surface area contributed by atoms with Gasteiger partial charge in [0.2, 0.25) is 0 Å². The smallest absolute Gasteiger partial charge is 0.266 e. The average Bonchev–Trinajstić information content (AvgIpc) is 2.61. The molecule has 0 aliphatic rings. The molecule has 2 aromatic rings. The second kappa shape index (κ2) is 8.38. The van der Waals surface area contributed by atoms with Crippen LogP contribution in [0.5, 0.6) is 5.75 Å². The maximum atomic E-state index is 12.4. The summed E-state index contributed by atoms with van der Waals surface area (Å²) in [6, 6.07) is 14.7.